The summed E-state index contributed by atoms with van der Waals surface area (Å²) in [4.78, 5) is -0.0351. The van der Waals surface area contributed by atoms with E-state index in [0.717, 1.165) is 12.5 Å². The van der Waals surface area contributed by atoms with E-state index in [1.807, 2.05) is 13.8 Å². The van der Waals surface area contributed by atoms with Gasteiger partial charge in [-0.15, -0.1) is 0 Å². The summed E-state index contributed by atoms with van der Waals surface area (Å²) in [6.45, 7) is 5.01. The summed E-state index contributed by atoms with van der Waals surface area (Å²) < 4.78 is 40.3. The molecule has 2 N–H and O–H groups in total. The predicted molar refractivity (Wildman–Crippen MR) is 80.2 cm³/mol. The number of anilines is 1. The van der Waals surface area contributed by atoms with Gasteiger partial charge in [0.2, 0.25) is 10.0 Å². The van der Waals surface area contributed by atoms with Crippen molar-refractivity contribution in [1.82, 2.24) is 4.31 Å². The first-order valence-corrected chi connectivity index (χ1v) is 8.69. The number of nitrogens with zero attached hydrogens (tertiary/aromatic N) is 1. The minimum absolute atomic E-state index is 0.0351. The molecule has 2 unspecified atom stereocenters. The van der Waals surface area contributed by atoms with Crippen LogP contribution in [0.4, 0.5) is 10.1 Å². The van der Waals surface area contributed by atoms with Crippen molar-refractivity contribution in [2.75, 3.05) is 18.8 Å². The zero-order valence-corrected chi connectivity index (χ0v) is 13.8. The average Bonchev–Trinajstić information content (AvgIpc) is 2.32. The van der Waals surface area contributed by atoms with E-state index >= 15 is 0 Å². The molecule has 1 aliphatic rings. The molecule has 0 radical (unpaired) electrons. The number of piperidine rings is 1. The molecule has 1 saturated heterocycles. The van der Waals surface area contributed by atoms with Crippen LogP contribution >= 0.6 is 15.9 Å². The molecule has 0 spiro atoms. The lowest BCUT2D eigenvalue weighted by Gasteiger charge is -2.34. The Morgan fingerprint density at radius 2 is 1.85 bits per heavy atom. The highest BCUT2D eigenvalue weighted by Crippen LogP contribution is 2.31. The fraction of sp³-hybridized carbons (Fsp3) is 0.538. The summed E-state index contributed by atoms with van der Waals surface area (Å²) in [6, 6.07) is 2.28. The van der Waals surface area contributed by atoms with Gasteiger partial charge >= 0.3 is 0 Å². The molecular formula is C13H18BrFN2O2S. The number of rotatable bonds is 2. The van der Waals surface area contributed by atoms with Crippen molar-refractivity contribution in [2.24, 2.45) is 11.8 Å². The maximum Gasteiger partial charge on any atom is 0.245 e. The van der Waals surface area contributed by atoms with Crippen LogP contribution in [0.3, 0.4) is 0 Å². The first kappa shape index (κ1) is 15.7. The maximum absolute atomic E-state index is 13.4. The van der Waals surface area contributed by atoms with Crippen molar-refractivity contribution in [3.63, 3.8) is 0 Å². The average molecular weight is 365 g/mol. The van der Waals surface area contributed by atoms with Crippen molar-refractivity contribution in [3.8, 4) is 0 Å². The molecule has 1 aromatic carbocycles. The Labute approximate surface area is 127 Å². The largest absolute Gasteiger partial charge is 0.398 e. The Morgan fingerprint density at radius 3 is 2.40 bits per heavy atom. The van der Waals surface area contributed by atoms with Gasteiger partial charge in [-0.2, -0.15) is 4.31 Å². The molecule has 112 valence electrons. The number of hydrogen-bond donors (Lipinski definition) is 1. The SMILES string of the molecule is CC1CC(C)CN(S(=O)(=O)c2cc(Br)c(F)cc2N)C1. The summed E-state index contributed by atoms with van der Waals surface area (Å²) in [5.74, 6) is 0.0408. The normalized spacial score (nSPS) is 24.8. The molecule has 0 aliphatic carbocycles. The van der Waals surface area contributed by atoms with Gasteiger partial charge in [0.15, 0.2) is 0 Å². The zero-order chi connectivity index (χ0) is 15.1. The van der Waals surface area contributed by atoms with Crippen LogP contribution in [0.2, 0.25) is 0 Å². The van der Waals surface area contributed by atoms with E-state index in [1.54, 1.807) is 0 Å². The molecule has 0 bridgehead atoms. The summed E-state index contributed by atoms with van der Waals surface area (Å²) in [5, 5.41) is 0. The summed E-state index contributed by atoms with van der Waals surface area (Å²) in [6.07, 6.45) is 1.01. The number of nitrogens with two attached hydrogens (primary N) is 1. The lowest BCUT2D eigenvalue weighted by molar-refractivity contribution is 0.222. The molecule has 1 aromatic rings. The standard InChI is InChI=1S/C13H18BrFN2O2S/c1-8-3-9(2)7-17(6-8)20(18,19)13-4-10(14)11(15)5-12(13)16/h4-5,8-9H,3,6-7,16H2,1-2H3. The third-order valence-corrected chi connectivity index (χ3v) is 6.00. The third kappa shape index (κ3) is 2.99. The van der Waals surface area contributed by atoms with E-state index in [9.17, 15) is 12.8 Å². The van der Waals surface area contributed by atoms with Crippen LogP contribution in [0, 0.1) is 17.7 Å². The van der Waals surface area contributed by atoms with Crippen LogP contribution in [-0.4, -0.2) is 25.8 Å². The number of sulfonamides is 1. The fourth-order valence-electron chi connectivity index (χ4n) is 2.71. The van der Waals surface area contributed by atoms with Gasteiger partial charge in [-0.1, -0.05) is 13.8 Å². The van der Waals surface area contributed by atoms with Gasteiger partial charge in [0, 0.05) is 13.1 Å². The molecule has 1 aliphatic heterocycles. The number of nitrogen functional groups attached to an aromatic ring is 1. The van der Waals surface area contributed by atoms with Gasteiger partial charge in [-0.3, -0.25) is 0 Å². The molecular weight excluding hydrogens is 347 g/mol. The number of benzene rings is 1. The van der Waals surface area contributed by atoms with Crippen molar-refractivity contribution >= 4 is 31.6 Å². The molecule has 0 aromatic heterocycles. The fourth-order valence-corrected chi connectivity index (χ4v) is 5.01. The first-order valence-electron chi connectivity index (χ1n) is 6.46. The molecule has 1 fully saturated rings. The Kier molecular flexibility index (Phi) is 4.41. The topological polar surface area (TPSA) is 63.4 Å². The quantitative estimate of drug-likeness (QED) is 0.820. The molecule has 0 saturated carbocycles. The van der Waals surface area contributed by atoms with Crippen molar-refractivity contribution in [2.45, 2.75) is 25.2 Å². The highest BCUT2D eigenvalue weighted by molar-refractivity contribution is 9.10. The van der Waals surface area contributed by atoms with Crippen LogP contribution in [0.25, 0.3) is 0 Å². The van der Waals surface area contributed by atoms with Gasteiger partial charge in [0.05, 0.1) is 10.2 Å². The lowest BCUT2D eigenvalue weighted by Crippen LogP contribution is -2.42. The smallest absolute Gasteiger partial charge is 0.245 e. The summed E-state index contributed by atoms with van der Waals surface area (Å²) >= 11 is 3.01. The van der Waals surface area contributed by atoms with Gasteiger partial charge in [-0.05, 0) is 46.3 Å². The number of hydrogen-bond acceptors (Lipinski definition) is 3. The second kappa shape index (κ2) is 5.61. The lowest BCUT2D eigenvalue weighted by atomic mass is 9.94. The Morgan fingerprint density at radius 1 is 1.30 bits per heavy atom. The molecule has 4 nitrogen and oxygen atoms in total. The van der Waals surface area contributed by atoms with Crippen LogP contribution in [-0.2, 0) is 10.0 Å². The van der Waals surface area contributed by atoms with E-state index in [0.29, 0.717) is 24.9 Å². The van der Waals surface area contributed by atoms with Gasteiger partial charge in [-0.25, -0.2) is 12.8 Å². The van der Waals surface area contributed by atoms with E-state index in [1.165, 1.54) is 10.4 Å². The third-order valence-electron chi connectivity index (χ3n) is 3.51. The zero-order valence-electron chi connectivity index (χ0n) is 11.4. The van der Waals surface area contributed by atoms with Crippen molar-refractivity contribution in [3.05, 3.63) is 22.4 Å². The Balaban J connectivity index is 2.42. The van der Waals surface area contributed by atoms with Crippen LogP contribution in [0.1, 0.15) is 20.3 Å². The molecule has 7 heteroatoms. The summed E-state index contributed by atoms with van der Waals surface area (Å²) in [5.41, 5.74) is 5.63. The molecule has 0 amide bonds. The highest BCUT2D eigenvalue weighted by atomic mass is 79.9. The van der Waals surface area contributed by atoms with E-state index < -0.39 is 15.8 Å². The second-order valence-corrected chi connectivity index (χ2v) is 8.33. The van der Waals surface area contributed by atoms with E-state index in [4.69, 9.17) is 5.73 Å². The second-order valence-electron chi connectivity index (χ2n) is 5.57. The van der Waals surface area contributed by atoms with Crippen molar-refractivity contribution < 1.29 is 12.8 Å². The van der Waals surface area contributed by atoms with Gasteiger partial charge < -0.3 is 5.73 Å². The first-order chi connectivity index (χ1) is 9.21. The van der Waals surface area contributed by atoms with Crippen molar-refractivity contribution in [1.29, 1.82) is 0 Å². The van der Waals surface area contributed by atoms with E-state index in [-0.39, 0.29) is 15.1 Å². The molecule has 2 atom stereocenters. The Bertz CT molecular complexity index is 611. The highest BCUT2D eigenvalue weighted by Gasteiger charge is 2.33. The minimum atomic E-state index is -3.69. The predicted octanol–water partition coefficient (Wildman–Crippen LogP) is 2.84. The maximum atomic E-state index is 13.4. The Hall–Kier alpha value is -0.660. The minimum Gasteiger partial charge on any atom is -0.398 e. The molecule has 20 heavy (non-hydrogen) atoms. The molecule has 1 heterocycles. The van der Waals surface area contributed by atoms with Crippen LogP contribution < -0.4 is 5.73 Å². The van der Waals surface area contributed by atoms with Gasteiger partial charge in [0.25, 0.3) is 0 Å². The molecule has 2 rings (SSSR count). The van der Waals surface area contributed by atoms with Gasteiger partial charge in [0.1, 0.15) is 10.7 Å². The van der Waals surface area contributed by atoms with Crippen LogP contribution in [0.5, 0.6) is 0 Å². The monoisotopic (exact) mass is 364 g/mol. The van der Waals surface area contributed by atoms with Crippen LogP contribution in [0.15, 0.2) is 21.5 Å². The number of halogens is 2. The summed E-state index contributed by atoms with van der Waals surface area (Å²) in [7, 11) is -3.69. The van der Waals surface area contributed by atoms with E-state index in [2.05, 4.69) is 15.9 Å².